The molecule has 0 radical (unpaired) electrons. The fourth-order valence-corrected chi connectivity index (χ4v) is 5.93. The highest BCUT2D eigenvalue weighted by Gasteiger charge is 2.35. The first-order chi connectivity index (χ1) is 17.4. The molecule has 1 amide bonds. The average molecular weight is 509 g/mol. The maximum atomic E-state index is 13.6. The maximum absolute atomic E-state index is 13.6. The minimum atomic E-state index is -3.97. The molecule has 0 atom stereocenters. The molecule has 1 aliphatic rings. The van der Waals surface area contributed by atoms with Gasteiger partial charge in [0.2, 0.25) is 5.91 Å². The molecule has 1 saturated heterocycles. The molecule has 36 heavy (non-hydrogen) atoms. The van der Waals surface area contributed by atoms with Crippen molar-refractivity contribution in [3.05, 3.63) is 90.5 Å². The number of rotatable bonds is 10. The van der Waals surface area contributed by atoms with E-state index in [-0.39, 0.29) is 22.8 Å². The van der Waals surface area contributed by atoms with Crippen LogP contribution in [0, 0.1) is 0 Å². The van der Waals surface area contributed by atoms with Crippen LogP contribution in [-0.4, -0.2) is 47.2 Å². The fraction of sp³-hybridized carbons (Fsp3) is 0.321. The van der Waals surface area contributed by atoms with Crippen LogP contribution in [0.1, 0.15) is 25.3 Å². The number of hydrogen-bond donors (Lipinski definition) is 1. The van der Waals surface area contributed by atoms with Crippen LogP contribution in [0.5, 0.6) is 5.75 Å². The number of ether oxygens (including phenoxy) is 2. The molecule has 7 nitrogen and oxygen atoms in total. The van der Waals surface area contributed by atoms with E-state index in [1.165, 1.54) is 12.1 Å². The molecule has 0 aromatic heterocycles. The van der Waals surface area contributed by atoms with E-state index in [0.717, 1.165) is 22.7 Å². The summed E-state index contributed by atoms with van der Waals surface area (Å²) in [6.07, 6.45) is 1.56. The standard InChI is InChI=1S/C28H32N2O5S/c1-2-35-25-15-13-24(14-16-25)30(36(32,33)26-11-7-4-8-12-26)21-27(31)29-22-28(17-19-34-20-18-28)23-9-5-3-6-10-23/h3-16H,2,17-22H2,1H3,(H,29,31). The van der Waals surface area contributed by atoms with E-state index in [1.54, 1.807) is 42.5 Å². The van der Waals surface area contributed by atoms with Gasteiger partial charge in [-0.15, -0.1) is 0 Å². The Kier molecular flexibility index (Phi) is 8.28. The van der Waals surface area contributed by atoms with Gasteiger partial charge < -0.3 is 14.8 Å². The minimum Gasteiger partial charge on any atom is -0.494 e. The predicted octanol–water partition coefficient (Wildman–Crippen LogP) is 4.15. The molecule has 0 saturated carbocycles. The maximum Gasteiger partial charge on any atom is 0.264 e. The molecule has 1 aliphatic heterocycles. The van der Waals surface area contributed by atoms with Crippen molar-refractivity contribution in [1.29, 1.82) is 0 Å². The Labute approximate surface area is 213 Å². The second kappa shape index (κ2) is 11.6. The summed E-state index contributed by atoms with van der Waals surface area (Å²) >= 11 is 0. The van der Waals surface area contributed by atoms with Crippen LogP contribution in [0.4, 0.5) is 5.69 Å². The highest BCUT2D eigenvalue weighted by molar-refractivity contribution is 7.92. The first kappa shape index (κ1) is 25.7. The van der Waals surface area contributed by atoms with Gasteiger partial charge in [-0.3, -0.25) is 9.10 Å². The van der Waals surface area contributed by atoms with Crippen molar-refractivity contribution in [3.8, 4) is 5.75 Å². The van der Waals surface area contributed by atoms with Crippen LogP contribution >= 0.6 is 0 Å². The number of nitrogens with zero attached hydrogens (tertiary/aromatic N) is 1. The summed E-state index contributed by atoms with van der Waals surface area (Å²) in [5.74, 6) is 0.261. The van der Waals surface area contributed by atoms with E-state index in [9.17, 15) is 13.2 Å². The minimum absolute atomic E-state index is 0.122. The Hall–Kier alpha value is -3.36. The highest BCUT2D eigenvalue weighted by Crippen LogP contribution is 2.34. The zero-order chi connectivity index (χ0) is 25.4. The molecule has 0 bridgehead atoms. The molecule has 0 spiro atoms. The number of anilines is 1. The summed E-state index contributed by atoms with van der Waals surface area (Å²) in [5.41, 5.74) is 1.28. The van der Waals surface area contributed by atoms with Gasteiger partial charge in [-0.1, -0.05) is 48.5 Å². The zero-order valence-corrected chi connectivity index (χ0v) is 21.2. The number of carbonyl (C=O) groups is 1. The Morgan fingerprint density at radius 3 is 2.17 bits per heavy atom. The van der Waals surface area contributed by atoms with Gasteiger partial charge in [0.1, 0.15) is 12.3 Å². The Bertz CT molecular complexity index is 1230. The molecule has 0 aliphatic carbocycles. The largest absolute Gasteiger partial charge is 0.494 e. The second-order valence-corrected chi connectivity index (χ2v) is 10.6. The molecule has 1 N–H and O–H groups in total. The molecule has 3 aromatic carbocycles. The van der Waals surface area contributed by atoms with Crippen LogP contribution in [-0.2, 0) is 25.0 Å². The van der Waals surface area contributed by atoms with Gasteiger partial charge in [0.25, 0.3) is 10.0 Å². The lowest BCUT2D eigenvalue weighted by Gasteiger charge is -2.38. The number of nitrogens with one attached hydrogen (secondary N) is 1. The smallest absolute Gasteiger partial charge is 0.264 e. The van der Waals surface area contributed by atoms with Crippen LogP contribution in [0.2, 0.25) is 0 Å². The first-order valence-electron chi connectivity index (χ1n) is 12.2. The fourth-order valence-electron chi connectivity index (χ4n) is 4.49. The SMILES string of the molecule is CCOc1ccc(N(CC(=O)NCC2(c3ccccc3)CCOCC2)S(=O)(=O)c2ccccc2)cc1. The Morgan fingerprint density at radius 2 is 1.56 bits per heavy atom. The van der Waals surface area contributed by atoms with Crippen molar-refractivity contribution in [1.82, 2.24) is 5.32 Å². The quantitative estimate of drug-likeness (QED) is 0.445. The summed E-state index contributed by atoms with van der Waals surface area (Å²) < 4.78 is 39.4. The molecule has 1 heterocycles. The molecular weight excluding hydrogens is 476 g/mol. The van der Waals surface area contributed by atoms with Crippen molar-refractivity contribution in [2.45, 2.75) is 30.1 Å². The van der Waals surface area contributed by atoms with Crippen molar-refractivity contribution in [3.63, 3.8) is 0 Å². The van der Waals surface area contributed by atoms with Gasteiger partial charge in [0.05, 0.1) is 17.2 Å². The summed E-state index contributed by atoms with van der Waals surface area (Å²) in [5, 5.41) is 3.02. The van der Waals surface area contributed by atoms with Gasteiger partial charge in [-0.05, 0) is 61.7 Å². The Balaban J connectivity index is 1.57. The van der Waals surface area contributed by atoms with Gasteiger partial charge >= 0.3 is 0 Å². The van der Waals surface area contributed by atoms with Crippen LogP contribution < -0.4 is 14.4 Å². The lowest BCUT2D eigenvalue weighted by molar-refractivity contribution is -0.120. The van der Waals surface area contributed by atoms with E-state index in [2.05, 4.69) is 17.4 Å². The topological polar surface area (TPSA) is 84.9 Å². The lowest BCUT2D eigenvalue weighted by atomic mass is 9.74. The van der Waals surface area contributed by atoms with Gasteiger partial charge in [-0.25, -0.2) is 8.42 Å². The Morgan fingerprint density at radius 1 is 0.944 bits per heavy atom. The lowest BCUT2D eigenvalue weighted by Crippen LogP contribution is -2.48. The third-order valence-electron chi connectivity index (χ3n) is 6.51. The molecule has 8 heteroatoms. The first-order valence-corrected chi connectivity index (χ1v) is 13.6. The molecule has 190 valence electrons. The monoisotopic (exact) mass is 508 g/mol. The third-order valence-corrected chi connectivity index (χ3v) is 8.30. The number of hydrogen-bond acceptors (Lipinski definition) is 5. The van der Waals surface area contributed by atoms with Crippen molar-refractivity contribution in [2.75, 3.05) is 37.2 Å². The average Bonchev–Trinajstić information content (AvgIpc) is 2.93. The molecule has 3 aromatic rings. The number of benzene rings is 3. The van der Waals surface area contributed by atoms with Gasteiger partial charge in [0, 0.05) is 25.2 Å². The predicted molar refractivity (Wildman–Crippen MR) is 140 cm³/mol. The van der Waals surface area contributed by atoms with Gasteiger partial charge in [0.15, 0.2) is 0 Å². The molecule has 0 unspecified atom stereocenters. The van der Waals surface area contributed by atoms with E-state index < -0.39 is 10.0 Å². The zero-order valence-electron chi connectivity index (χ0n) is 20.4. The van der Waals surface area contributed by atoms with E-state index in [4.69, 9.17) is 9.47 Å². The van der Waals surface area contributed by atoms with Gasteiger partial charge in [-0.2, -0.15) is 0 Å². The number of sulfonamides is 1. The van der Waals surface area contributed by atoms with E-state index in [0.29, 0.717) is 37.8 Å². The van der Waals surface area contributed by atoms with Crippen molar-refractivity contribution < 1.29 is 22.7 Å². The molecule has 1 fully saturated rings. The summed E-state index contributed by atoms with van der Waals surface area (Å²) in [6.45, 7) is 3.68. The third kappa shape index (κ3) is 5.88. The summed E-state index contributed by atoms with van der Waals surface area (Å²) in [6, 6.07) is 25.0. The molecular formula is C28H32N2O5S. The summed E-state index contributed by atoms with van der Waals surface area (Å²) in [4.78, 5) is 13.3. The van der Waals surface area contributed by atoms with Crippen molar-refractivity contribution in [2.24, 2.45) is 0 Å². The van der Waals surface area contributed by atoms with Crippen LogP contribution in [0.25, 0.3) is 0 Å². The van der Waals surface area contributed by atoms with Crippen LogP contribution in [0.15, 0.2) is 89.8 Å². The summed E-state index contributed by atoms with van der Waals surface area (Å²) in [7, 11) is -3.97. The normalized spacial score (nSPS) is 15.1. The van der Waals surface area contributed by atoms with E-state index in [1.807, 2.05) is 25.1 Å². The van der Waals surface area contributed by atoms with Crippen molar-refractivity contribution >= 4 is 21.6 Å². The molecule has 4 rings (SSSR count). The number of carbonyl (C=O) groups excluding carboxylic acids is 1. The second-order valence-electron chi connectivity index (χ2n) is 8.79. The van der Waals surface area contributed by atoms with E-state index >= 15 is 0 Å². The van der Waals surface area contributed by atoms with Crippen LogP contribution in [0.3, 0.4) is 0 Å². The highest BCUT2D eigenvalue weighted by atomic mass is 32.2. The number of amides is 1.